The summed E-state index contributed by atoms with van der Waals surface area (Å²) in [5.41, 5.74) is 4.91. The van der Waals surface area contributed by atoms with Crippen LogP contribution in [0, 0.1) is 0 Å². The Kier molecular flexibility index (Phi) is 2.64. The SMILES string of the molecule is NC(=O)CSc1ncns1. The summed E-state index contributed by atoms with van der Waals surface area (Å²) in [5, 5.41) is 0. The van der Waals surface area contributed by atoms with Crippen molar-refractivity contribution in [3.8, 4) is 0 Å². The van der Waals surface area contributed by atoms with Crippen molar-refractivity contribution in [2.24, 2.45) is 5.73 Å². The van der Waals surface area contributed by atoms with E-state index in [4.69, 9.17) is 5.73 Å². The molecule has 10 heavy (non-hydrogen) atoms. The minimum atomic E-state index is -0.333. The van der Waals surface area contributed by atoms with Gasteiger partial charge in [-0.15, -0.1) is 0 Å². The summed E-state index contributed by atoms with van der Waals surface area (Å²) in [6, 6.07) is 0. The predicted octanol–water partition coefficient (Wildman–Crippen LogP) is 0.116. The molecule has 0 aliphatic rings. The minimum absolute atomic E-state index is 0.273. The quantitative estimate of drug-likeness (QED) is 0.662. The first-order valence-corrected chi connectivity index (χ1v) is 4.22. The van der Waals surface area contributed by atoms with Gasteiger partial charge in [-0.2, -0.15) is 4.37 Å². The van der Waals surface area contributed by atoms with Gasteiger partial charge < -0.3 is 5.73 Å². The molecule has 1 amide bonds. The molecule has 0 atom stereocenters. The molecule has 0 saturated heterocycles. The molecule has 0 aromatic carbocycles. The maximum atomic E-state index is 10.3. The second-order valence-corrected chi connectivity index (χ2v) is 3.46. The molecule has 1 heterocycles. The molecule has 1 rings (SSSR count). The zero-order valence-electron chi connectivity index (χ0n) is 4.98. The largest absolute Gasteiger partial charge is 0.369 e. The Morgan fingerprint density at radius 2 is 2.70 bits per heavy atom. The smallest absolute Gasteiger partial charge is 0.227 e. The molecule has 0 radical (unpaired) electrons. The third-order valence-electron chi connectivity index (χ3n) is 0.679. The van der Waals surface area contributed by atoms with Crippen LogP contribution in [-0.4, -0.2) is 21.0 Å². The highest BCUT2D eigenvalue weighted by molar-refractivity contribution is 8.01. The van der Waals surface area contributed by atoms with Crippen molar-refractivity contribution >= 4 is 29.2 Å². The van der Waals surface area contributed by atoms with Gasteiger partial charge in [0.2, 0.25) is 5.91 Å². The van der Waals surface area contributed by atoms with Gasteiger partial charge in [-0.25, -0.2) is 4.98 Å². The Bertz CT molecular complexity index is 210. The zero-order valence-corrected chi connectivity index (χ0v) is 6.61. The molecule has 0 aliphatic carbocycles. The van der Waals surface area contributed by atoms with E-state index in [1.807, 2.05) is 0 Å². The molecule has 2 N–H and O–H groups in total. The summed E-state index contributed by atoms with van der Waals surface area (Å²) in [6.45, 7) is 0. The van der Waals surface area contributed by atoms with Crippen LogP contribution in [-0.2, 0) is 4.79 Å². The molecule has 54 valence electrons. The molecular formula is C4H5N3OS2. The highest BCUT2D eigenvalue weighted by atomic mass is 32.2. The number of hydrogen-bond acceptors (Lipinski definition) is 5. The van der Waals surface area contributed by atoms with Crippen molar-refractivity contribution in [2.75, 3.05) is 5.75 Å². The molecule has 0 fully saturated rings. The van der Waals surface area contributed by atoms with Crippen molar-refractivity contribution in [2.45, 2.75) is 4.34 Å². The molecule has 0 spiro atoms. The third kappa shape index (κ3) is 2.32. The zero-order chi connectivity index (χ0) is 7.40. The highest BCUT2D eigenvalue weighted by Gasteiger charge is 1.99. The van der Waals surface area contributed by atoms with Crippen LogP contribution in [0.2, 0.25) is 0 Å². The lowest BCUT2D eigenvalue weighted by molar-refractivity contribution is -0.115. The fraction of sp³-hybridized carbons (Fsp3) is 0.250. The summed E-state index contributed by atoms with van der Waals surface area (Å²) < 4.78 is 4.53. The molecular weight excluding hydrogens is 170 g/mol. The molecule has 0 bridgehead atoms. The summed E-state index contributed by atoms with van der Waals surface area (Å²) in [4.78, 5) is 14.1. The molecule has 0 unspecified atom stereocenters. The van der Waals surface area contributed by atoms with Gasteiger partial charge in [0, 0.05) is 0 Å². The first-order valence-electron chi connectivity index (χ1n) is 2.47. The summed E-state index contributed by atoms with van der Waals surface area (Å²) in [5.74, 6) is -0.0601. The van der Waals surface area contributed by atoms with E-state index >= 15 is 0 Å². The Hall–Kier alpha value is -0.620. The predicted molar refractivity (Wildman–Crippen MR) is 39.8 cm³/mol. The van der Waals surface area contributed by atoms with Gasteiger partial charge in [-0.3, -0.25) is 4.79 Å². The summed E-state index contributed by atoms with van der Waals surface area (Å²) >= 11 is 2.56. The van der Waals surface area contributed by atoms with Gasteiger partial charge in [0.05, 0.1) is 5.75 Å². The second-order valence-electron chi connectivity index (χ2n) is 1.46. The first kappa shape index (κ1) is 7.49. The number of nitrogens with zero attached hydrogens (tertiary/aromatic N) is 2. The van der Waals surface area contributed by atoms with Crippen molar-refractivity contribution < 1.29 is 4.79 Å². The second kappa shape index (κ2) is 3.52. The van der Waals surface area contributed by atoms with E-state index in [9.17, 15) is 4.79 Å². The van der Waals surface area contributed by atoms with Crippen LogP contribution < -0.4 is 5.73 Å². The number of hydrogen-bond donors (Lipinski definition) is 1. The lowest BCUT2D eigenvalue weighted by Crippen LogP contribution is -2.12. The van der Waals surface area contributed by atoms with Gasteiger partial charge in [0.1, 0.15) is 6.33 Å². The van der Waals surface area contributed by atoms with Crippen LogP contribution >= 0.6 is 23.3 Å². The van der Waals surface area contributed by atoms with Crippen LogP contribution in [0.15, 0.2) is 10.7 Å². The number of carbonyl (C=O) groups excluding carboxylic acids is 1. The molecule has 6 heteroatoms. The van der Waals surface area contributed by atoms with Crippen LogP contribution in [0.5, 0.6) is 0 Å². The van der Waals surface area contributed by atoms with Gasteiger partial charge in [-0.05, 0) is 11.5 Å². The number of carbonyl (C=O) groups is 1. The molecule has 0 saturated carbocycles. The maximum absolute atomic E-state index is 10.3. The Balaban J connectivity index is 2.35. The fourth-order valence-corrected chi connectivity index (χ4v) is 1.54. The Morgan fingerprint density at radius 1 is 1.90 bits per heavy atom. The average Bonchev–Trinajstić information content (AvgIpc) is 2.34. The topological polar surface area (TPSA) is 68.9 Å². The van der Waals surface area contributed by atoms with Crippen molar-refractivity contribution in [1.29, 1.82) is 0 Å². The van der Waals surface area contributed by atoms with Crippen LogP contribution in [0.25, 0.3) is 0 Å². The van der Waals surface area contributed by atoms with Crippen molar-refractivity contribution in [3.05, 3.63) is 6.33 Å². The van der Waals surface area contributed by atoms with E-state index < -0.39 is 0 Å². The van der Waals surface area contributed by atoms with Crippen molar-refractivity contribution in [3.63, 3.8) is 0 Å². The molecule has 1 aromatic rings. The lowest BCUT2D eigenvalue weighted by atomic mass is 10.8. The average molecular weight is 175 g/mol. The number of primary amides is 1. The highest BCUT2D eigenvalue weighted by Crippen LogP contribution is 2.16. The van der Waals surface area contributed by atoms with E-state index in [2.05, 4.69) is 9.36 Å². The van der Waals surface area contributed by atoms with Crippen LogP contribution in [0.3, 0.4) is 0 Å². The number of amides is 1. The van der Waals surface area contributed by atoms with E-state index in [0.717, 1.165) is 4.34 Å². The maximum Gasteiger partial charge on any atom is 0.227 e. The lowest BCUT2D eigenvalue weighted by Gasteiger charge is -1.88. The number of nitrogens with two attached hydrogens (primary N) is 1. The number of aromatic nitrogens is 2. The van der Waals surface area contributed by atoms with Gasteiger partial charge >= 0.3 is 0 Å². The first-order chi connectivity index (χ1) is 4.79. The normalized spacial score (nSPS) is 9.60. The summed E-state index contributed by atoms with van der Waals surface area (Å²) in [7, 11) is 0. The number of rotatable bonds is 3. The summed E-state index contributed by atoms with van der Waals surface area (Å²) in [6.07, 6.45) is 1.45. The van der Waals surface area contributed by atoms with Gasteiger partial charge in [0.25, 0.3) is 0 Å². The molecule has 0 aliphatic heterocycles. The Labute approximate surface area is 66.0 Å². The van der Waals surface area contributed by atoms with Gasteiger partial charge in [-0.1, -0.05) is 11.8 Å². The monoisotopic (exact) mass is 175 g/mol. The molecule has 4 nitrogen and oxygen atoms in total. The minimum Gasteiger partial charge on any atom is -0.369 e. The van der Waals surface area contributed by atoms with E-state index in [-0.39, 0.29) is 11.7 Å². The van der Waals surface area contributed by atoms with Crippen molar-refractivity contribution in [1.82, 2.24) is 9.36 Å². The van der Waals surface area contributed by atoms with Crippen LogP contribution in [0.1, 0.15) is 0 Å². The van der Waals surface area contributed by atoms with E-state index in [1.165, 1.54) is 29.6 Å². The number of thioether (sulfide) groups is 1. The van der Waals surface area contributed by atoms with Crippen LogP contribution in [0.4, 0.5) is 0 Å². The fourth-order valence-electron chi connectivity index (χ4n) is 0.359. The van der Waals surface area contributed by atoms with E-state index in [1.54, 1.807) is 0 Å². The van der Waals surface area contributed by atoms with Gasteiger partial charge in [0.15, 0.2) is 4.34 Å². The standard InChI is InChI=1S/C4H5N3OS2/c5-3(8)1-9-4-6-2-7-10-4/h2H,1H2,(H2,5,8). The Morgan fingerprint density at radius 3 is 3.20 bits per heavy atom. The van der Waals surface area contributed by atoms with E-state index in [0.29, 0.717) is 0 Å². The third-order valence-corrected chi connectivity index (χ3v) is 2.50. The molecule has 1 aromatic heterocycles.